The molecule has 0 saturated carbocycles. The Kier molecular flexibility index (Phi) is 4.04. The second-order valence-electron chi connectivity index (χ2n) is 6.85. The summed E-state index contributed by atoms with van der Waals surface area (Å²) in [6, 6.07) is 14.9. The molecule has 0 radical (unpaired) electrons. The highest BCUT2D eigenvalue weighted by atomic mass is 16.2. The van der Waals surface area contributed by atoms with Crippen molar-refractivity contribution in [3.05, 3.63) is 48.0 Å². The summed E-state index contributed by atoms with van der Waals surface area (Å²) in [6.07, 6.45) is 4.99. The number of piperidine rings is 1. The number of rotatable bonds is 2. The first-order chi connectivity index (χ1) is 11.3. The van der Waals surface area contributed by atoms with Crippen LogP contribution in [0.3, 0.4) is 0 Å². The van der Waals surface area contributed by atoms with Crippen molar-refractivity contribution < 1.29 is 4.79 Å². The number of nitrogens with zero attached hydrogens (tertiary/aromatic N) is 2. The van der Waals surface area contributed by atoms with Crippen LogP contribution >= 0.6 is 0 Å². The highest BCUT2D eigenvalue weighted by molar-refractivity contribution is 5.98. The molecule has 3 heteroatoms. The summed E-state index contributed by atoms with van der Waals surface area (Å²) in [7, 11) is 0. The second-order valence-corrected chi connectivity index (χ2v) is 6.85. The van der Waals surface area contributed by atoms with Gasteiger partial charge in [-0.3, -0.25) is 9.69 Å². The van der Waals surface area contributed by atoms with Gasteiger partial charge < -0.3 is 4.90 Å². The zero-order chi connectivity index (χ0) is 15.6. The first-order valence-electron chi connectivity index (χ1n) is 8.83. The molecular weight excluding hydrogens is 284 g/mol. The molecule has 3 nitrogen and oxygen atoms in total. The summed E-state index contributed by atoms with van der Waals surface area (Å²) in [5.74, 6) is 0.194. The highest BCUT2D eigenvalue weighted by Gasteiger charge is 2.29. The Morgan fingerprint density at radius 3 is 2.52 bits per heavy atom. The second kappa shape index (κ2) is 6.32. The van der Waals surface area contributed by atoms with Crippen LogP contribution in [0.5, 0.6) is 0 Å². The SMILES string of the molecule is O=C(c1ccc2ccccc2c1)N1CCC[C@@H](N2CCCC2)C1. The van der Waals surface area contributed by atoms with Crippen LogP contribution in [0, 0.1) is 0 Å². The standard InChI is InChI=1S/C20H24N2O/c23-20(18-10-9-16-6-1-2-7-17(16)14-18)22-13-5-8-19(15-22)21-11-3-4-12-21/h1-2,6-7,9-10,14,19H,3-5,8,11-13,15H2/t19-/m1/s1. The van der Waals surface area contributed by atoms with Gasteiger partial charge in [-0.2, -0.15) is 0 Å². The first kappa shape index (κ1) is 14.7. The zero-order valence-electron chi connectivity index (χ0n) is 13.6. The third kappa shape index (κ3) is 2.98. The summed E-state index contributed by atoms with van der Waals surface area (Å²) in [5.41, 5.74) is 0.825. The zero-order valence-corrected chi connectivity index (χ0v) is 13.6. The van der Waals surface area contributed by atoms with Crippen LogP contribution in [0.25, 0.3) is 10.8 Å². The lowest BCUT2D eigenvalue weighted by Gasteiger charge is -2.37. The van der Waals surface area contributed by atoms with Crippen molar-refractivity contribution in [2.75, 3.05) is 26.2 Å². The molecule has 2 saturated heterocycles. The topological polar surface area (TPSA) is 23.6 Å². The Hall–Kier alpha value is -1.87. The quantitative estimate of drug-likeness (QED) is 0.847. The number of hydrogen-bond acceptors (Lipinski definition) is 2. The number of carbonyl (C=O) groups is 1. The molecule has 1 amide bonds. The minimum atomic E-state index is 0.194. The van der Waals surface area contributed by atoms with Crippen LogP contribution in [-0.2, 0) is 0 Å². The fraction of sp³-hybridized carbons (Fsp3) is 0.450. The molecule has 0 spiro atoms. The van der Waals surface area contributed by atoms with E-state index in [0.717, 1.165) is 30.5 Å². The van der Waals surface area contributed by atoms with E-state index in [0.29, 0.717) is 6.04 Å². The number of benzene rings is 2. The van der Waals surface area contributed by atoms with Crippen LogP contribution in [0.2, 0.25) is 0 Å². The predicted molar refractivity (Wildman–Crippen MR) is 93.7 cm³/mol. The van der Waals surface area contributed by atoms with Crippen LogP contribution in [0.4, 0.5) is 0 Å². The van der Waals surface area contributed by atoms with Gasteiger partial charge in [0.05, 0.1) is 0 Å². The van der Waals surface area contributed by atoms with Crippen molar-refractivity contribution in [2.45, 2.75) is 31.7 Å². The van der Waals surface area contributed by atoms with Crippen LogP contribution < -0.4 is 0 Å². The Morgan fingerprint density at radius 2 is 1.70 bits per heavy atom. The minimum absolute atomic E-state index is 0.194. The van der Waals surface area contributed by atoms with Gasteiger partial charge in [0.25, 0.3) is 5.91 Å². The molecule has 2 aromatic rings. The third-order valence-corrected chi connectivity index (χ3v) is 5.34. The van der Waals surface area contributed by atoms with Crippen molar-refractivity contribution in [1.82, 2.24) is 9.80 Å². The molecule has 2 heterocycles. The van der Waals surface area contributed by atoms with E-state index in [4.69, 9.17) is 0 Å². The predicted octanol–water partition coefficient (Wildman–Crippen LogP) is 3.54. The Labute approximate surface area is 137 Å². The molecule has 2 fully saturated rings. The van der Waals surface area contributed by atoms with Crippen molar-refractivity contribution in [1.29, 1.82) is 0 Å². The first-order valence-corrected chi connectivity index (χ1v) is 8.83. The van der Waals surface area contributed by atoms with Crippen LogP contribution in [-0.4, -0.2) is 47.9 Å². The van der Waals surface area contributed by atoms with E-state index in [1.807, 2.05) is 24.3 Å². The summed E-state index contributed by atoms with van der Waals surface area (Å²) in [6.45, 7) is 4.22. The molecule has 2 aliphatic heterocycles. The van der Waals surface area contributed by atoms with E-state index in [9.17, 15) is 4.79 Å². The lowest BCUT2D eigenvalue weighted by molar-refractivity contribution is 0.0608. The van der Waals surface area contributed by atoms with Gasteiger partial charge in [-0.25, -0.2) is 0 Å². The minimum Gasteiger partial charge on any atom is -0.337 e. The maximum atomic E-state index is 12.9. The van der Waals surface area contributed by atoms with Crippen molar-refractivity contribution in [3.63, 3.8) is 0 Å². The molecule has 0 aromatic heterocycles. The van der Waals surface area contributed by atoms with Crippen LogP contribution in [0.15, 0.2) is 42.5 Å². The Morgan fingerprint density at radius 1 is 0.913 bits per heavy atom. The molecule has 4 rings (SSSR count). The normalized spacial score (nSPS) is 22.6. The fourth-order valence-electron chi connectivity index (χ4n) is 4.05. The molecule has 1 atom stereocenters. The Balaban J connectivity index is 1.52. The maximum Gasteiger partial charge on any atom is 0.253 e. The molecule has 0 aliphatic carbocycles. The molecular formula is C20H24N2O. The van der Waals surface area contributed by atoms with E-state index in [2.05, 4.69) is 28.0 Å². The molecule has 23 heavy (non-hydrogen) atoms. The monoisotopic (exact) mass is 308 g/mol. The van der Waals surface area contributed by atoms with Crippen molar-refractivity contribution >= 4 is 16.7 Å². The average molecular weight is 308 g/mol. The van der Waals surface area contributed by atoms with E-state index in [1.54, 1.807) is 0 Å². The van der Waals surface area contributed by atoms with E-state index >= 15 is 0 Å². The fourth-order valence-corrected chi connectivity index (χ4v) is 4.05. The lowest BCUT2D eigenvalue weighted by atomic mass is 10.0. The van der Waals surface area contributed by atoms with Crippen molar-refractivity contribution in [2.24, 2.45) is 0 Å². The van der Waals surface area contributed by atoms with Gasteiger partial charge in [0.2, 0.25) is 0 Å². The third-order valence-electron chi connectivity index (χ3n) is 5.34. The molecule has 2 aliphatic rings. The summed E-state index contributed by atoms with van der Waals surface area (Å²) >= 11 is 0. The number of likely N-dealkylation sites (tertiary alicyclic amines) is 2. The molecule has 0 bridgehead atoms. The highest BCUT2D eigenvalue weighted by Crippen LogP contribution is 2.23. The Bertz CT molecular complexity index is 706. The summed E-state index contributed by atoms with van der Waals surface area (Å²) in [4.78, 5) is 17.6. The molecule has 0 unspecified atom stereocenters. The van der Waals surface area contributed by atoms with E-state index in [1.165, 1.54) is 37.7 Å². The molecule has 120 valence electrons. The maximum absolute atomic E-state index is 12.9. The van der Waals surface area contributed by atoms with Gasteiger partial charge in [0, 0.05) is 24.7 Å². The van der Waals surface area contributed by atoms with Gasteiger partial charge in [0.15, 0.2) is 0 Å². The van der Waals surface area contributed by atoms with E-state index < -0.39 is 0 Å². The van der Waals surface area contributed by atoms with Gasteiger partial charge in [-0.15, -0.1) is 0 Å². The summed E-state index contributed by atoms with van der Waals surface area (Å²) < 4.78 is 0. The van der Waals surface area contributed by atoms with Gasteiger partial charge in [0.1, 0.15) is 0 Å². The van der Waals surface area contributed by atoms with Gasteiger partial charge >= 0.3 is 0 Å². The number of hydrogen-bond donors (Lipinski definition) is 0. The van der Waals surface area contributed by atoms with Gasteiger partial charge in [-0.1, -0.05) is 30.3 Å². The number of amides is 1. The number of fused-ring (bicyclic) bond motifs is 1. The van der Waals surface area contributed by atoms with Gasteiger partial charge in [-0.05, 0) is 61.7 Å². The lowest BCUT2D eigenvalue weighted by Crippen LogP contribution is -2.48. The van der Waals surface area contributed by atoms with Crippen molar-refractivity contribution in [3.8, 4) is 0 Å². The smallest absolute Gasteiger partial charge is 0.253 e. The van der Waals surface area contributed by atoms with Crippen LogP contribution in [0.1, 0.15) is 36.0 Å². The average Bonchev–Trinajstić information content (AvgIpc) is 3.15. The number of carbonyl (C=O) groups excluding carboxylic acids is 1. The summed E-state index contributed by atoms with van der Waals surface area (Å²) in [5, 5.41) is 2.34. The molecule has 0 N–H and O–H groups in total. The van der Waals surface area contributed by atoms with E-state index in [-0.39, 0.29) is 5.91 Å². The molecule has 2 aromatic carbocycles. The largest absolute Gasteiger partial charge is 0.337 e.